The third kappa shape index (κ3) is 3.69. The summed E-state index contributed by atoms with van der Waals surface area (Å²) in [7, 11) is 3.25. The molecule has 0 bridgehead atoms. The highest BCUT2D eigenvalue weighted by molar-refractivity contribution is 6.01. The fourth-order valence-corrected chi connectivity index (χ4v) is 3.29. The minimum Gasteiger partial charge on any atom is -0.346 e. The number of nitriles is 1. The van der Waals surface area contributed by atoms with E-state index in [0.29, 0.717) is 0 Å². The van der Waals surface area contributed by atoms with Crippen molar-refractivity contribution in [2.24, 2.45) is 0 Å². The summed E-state index contributed by atoms with van der Waals surface area (Å²) in [4.78, 5) is 25.4. The van der Waals surface area contributed by atoms with Crippen LogP contribution in [0.25, 0.3) is 39.4 Å². The molecule has 0 radical (unpaired) electrons. The Morgan fingerprint density at radius 2 is 1.90 bits per heavy atom. The van der Waals surface area contributed by atoms with Crippen LogP contribution in [0.2, 0.25) is 0 Å². The van der Waals surface area contributed by atoms with E-state index in [1.165, 1.54) is 4.90 Å². The first kappa shape index (κ1) is 19.1. The minimum absolute atomic E-state index is 0.0938. The van der Waals surface area contributed by atoms with Gasteiger partial charge in [0.15, 0.2) is 0 Å². The van der Waals surface area contributed by atoms with Gasteiger partial charge in [-0.1, -0.05) is 18.2 Å². The van der Waals surface area contributed by atoms with Crippen molar-refractivity contribution in [2.45, 2.75) is 0 Å². The van der Waals surface area contributed by atoms with Crippen molar-refractivity contribution in [1.29, 1.82) is 5.26 Å². The average Bonchev–Trinajstić information content (AvgIpc) is 3.21. The number of H-pyrrole nitrogens is 1. The Bertz CT molecular complexity index is 1300. The summed E-state index contributed by atoms with van der Waals surface area (Å²) in [5, 5.41) is 10.4. The van der Waals surface area contributed by atoms with Crippen molar-refractivity contribution in [2.75, 3.05) is 14.1 Å². The highest BCUT2D eigenvalue weighted by atomic mass is 16.2. The van der Waals surface area contributed by atoms with Gasteiger partial charge in [0.2, 0.25) is 0 Å². The van der Waals surface area contributed by atoms with Crippen LogP contribution in [-0.2, 0) is 4.79 Å². The van der Waals surface area contributed by atoms with Crippen LogP contribution in [0.15, 0.2) is 72.8 Å². The topological polar surface area (TPSA) is 85.7 Å². The van der Waals surface area contributed by atoms with E-state index in [-0.39, 0.29) is 11.5 Å². The van der Waals surface area contributed by atoms with E-state index in [4.69, 9.17) is 0 Å². The van der Waals surface area contributed by atoms with Crippen LogP contribution in [0.5, 0.6) is 0 Å². The molecule has 1 aromatic carbocycles. The van der Waals surface area contributed by atoms with Gasteiger partial charge in [0, 0.05) is 55.4 Å². The maximum absolute atomic E-state index is 12.1. The van der Waals surface area contributed by atoms with Crippen molar-refractivity contribution in [3.8, 4) is 28.3 Å². The van der Waals surface area contributed by atoms with Crippen molar-refractivity contribution in [1.82, 2.24) is 19.9 Å². The second-order valence-electron chi connectivity index (χ2n) is 7.05. The first-order chi connectivity index (χ1) is 14.6. The number of amides is 1. The lowest BCUT2D eigenvalue weighted by Gasteiger charge is -2.09. The van der Waals surface area contributed by atoms with Crippen LogP contribution >= 0.6 is 0 Å². The third-order valence-corrected chi connectivity index (χ3v) is 4.81. The van der Waals surface area contributed by atoms with Crippen LogP contribution in [-0.4, -0.2) is 39.9 Å². The molecule has 3 aromatic heterocycles. The molecule has 1 amide bonds. The number of fused-ring (bicyclic) bond motifs is 1. The molecule has 0 atom stereocenters. The predicted molar refractivity (Wildman–Crippen MR) is 117 cm³/mol. The molecule has 30 heavy (non-hydrogen) atoms. The van der Waals surface area contributed by atoms with E-state index < -0.39 is 0 Å². The first-order valence-corrected chi connectivity index (χ1v) is 9.38. The van der Waals surface area contributed by atoms with Gasteiger partial charge in [0.25, 0.3) is 5.91 Å². The van der Waals surface area contributed by atoms with Crippen LogP contribution in [0.3, 0.4) is 0 Å². The monoisotopic (exact) mass is 393 g/mol. The number of nitrogens with zero attached hydrogens (tertiary/aromatic N) is 4. The van der Waals surface area contributed by atoms with Gasteiger partial charge in [0.1, 0.15) is 17.3 Å². The second-order valence-corrected chi connectivity index (χ2v) is 7.05. The fraction of sp³-hybridized carbons (Fsp3) is 0.0833. The summed E-state index contributed by atoms with van der Waals surface area (Å²) in [6.45, 7) is 0. The summed E-state index contributed by atoms with van der Waals surface area (Å²) in [6.07, 6.45) is 8.90. The van der Waals surface area contributed by atoms with E-state index in [0.717, 1.165) is 38.9 Å². The molecule has 0 spiro atoms. The number of aromatic amines is 1. The van der Waals surface area contributed by atoms with Crippen LogP contribution in [0, 0.1) is 11.3 Å². The molecular weight excluding hydrogens is 374 g/mol. The van der Waals surface area contributed by atoms with Crippen LogP contribution in [0.4, 0.5) is 0 Å². The van der Waals surface area contributed by atoms with Crippen LogP contribution < -0.4 is 0 Å². The van der Waals surface area contributed by atoms with Gasteiger partial charge in [-0.25, -0.2) is 4.98 Å². The molecule has 6 nitrogen and oxygen atoms in total. The molecule has 0 saturated heterocycles. The van der Waals surface area contributed by atoms with Gasteiger partial charge in [-0.05, 0) is 47.0 Å². The van der Waals surface area contributed by atoms with Crippen molar-refractivity contribution >= 4 is 23.0 Å². The molecule has 0 aliphatic rings. The van der Waals surface area contributed by atoms with Gasteiger partial charge in [-0.3, -0.25) is 9.78 Å². The maximum Gasteiger partial charge on any atom is 0.264 e. The number of rotatable bonds is 4. The Kier molecular flexibility index (Phi) is 5.10. The van der Waals surface area contributed by atoms with Gasteiger partial charge in [-0.15, -0.1) is 0 Å². The Balaban J connectivity index is 1.76. The number of likely N-dealkylation sites (N-methyl/N-ethyl adjacent to an activating group) is 1. The normalized spacial score (nSPS) is 11.3. The van der Waals surface area contributed by atoms with Gasteiger partial charge in [0.05, 0.1) is 0 Å². The molecule has 1 N–H and O–H groups in total. The summed E-state index contributed by atoms with van der Waals surface area (Å²) in [5.74, 6) is -0.319. The lowest BCUT2D eigenvalue weighted by atomic mass is 10.0. The zero-order valence-corrected chi connectivity index (χ0v) is 16.6. The zero-order valence-electron chi connectivity index (χ0n) is 16.6. The molecule has 0 unspecified atom stereocenters. The Hall–Kier alpha value is -4.24. The van der Waals surface area contributed by atoms with E-state index >= 15 is 0 Å². The highest BCUT2D eigenvalue weighted by Gasteiger charge is 2.12. The third-order valence-electron chi connectivity index (χ3n) is 4.81. The van der Waals surface area contributed by atoms with Crippen molar-refractivity contribution < 1.29 is 4.79 Å². The van der Waals surface area contributed by atoms with Crippen molar-refractivity contribution in [3.05, 3.63) is 78.4 Å². The Morgan fingerprint density at radius 1 is 1.10 bits per heavy atom. The fourth-order valence-electron chi connectivity index (χ4n) is 3.29. The number of nitrogens with one attached hydrogen (secondary N) is 1. The molecule has 3 heterocycles. The lowest BCUT2D eigenvalue weighted by molar-refractivity contribution is -0.124. The average molecular weight is 393 g/mol. The number of pyridine rings is 2. The molecule has 4 rings (SSSR count). The first-order valence-electron chi connectivity index (χ1n) is 9.38. The van der Waals surface area contributed by atoms with Crippen LogP contribution in [0.1, 0.15) is 5.56 Å². The number of hydrogen-bond acceptors (Lipinski definition) is 4. The molecule has 0 saturated carbocycles. The van der Waals surface area contributed by atoms with Crippen molar-refractivity contribution in [3.63, 3.8) is 0 Å². The van der Waals surface area contributed by atoms with E-state index in [2.05, 4.69) is 21.0 Å². The Labute approximate surface area is 174 Å². The Morgan fingerprint density at radius 3 is 2.63 bits per heavy atom. The standard InChI is InChI=1S/C24H19N5O/c1-29(2)24(30)19(13-25)11-16-4-3-5-18(10-16)20-12-21-22(15-28-23(21)27-14-20)17-6-8-26-9-7-17/h3-12,14-15H,1-2H3,(H,27,28)/b19-11+. The molecule has 146 valence electrons. The number of aromatic nitrogens is 3. The van der Waals surface area contributed by atoms with Gasteiger partial charge < -0.3 is 9.88 Å². The van der Waals surface area contributed by atoms with Gasteiger partial charge in [-0.2, -0.15) is 5.26 Å². The maximum atomic E-state index is 12.1. The molecule has 0 fully saturated rings. The van der Waals surface area contributed by atoms with E-state index in [1.54, 1.807) is 32.6 Å². The highest BCUT2D eigenvalue weighted by Crippen LogP contribution is 2.31. The second kappa shape index (κ2) is 8.02. The SMILES string of the molecule is CN(C)C(=O)/C(C#N)=C/c1cccc(-c2cnc3[nH]cc(-c4ccncc4)c3c2)c1. The summed E-state index contributed by atoms with van der Waals surface area (Å²) >= 11 is 0. The van der Waals surface area contributed by atoms with Gasteiger partial charge >= 0.3 is 0 Å². The summed E-state index contributed by atoms with van der Waals surface area (Å²) < 4.78 is 0. The van der Waals surface area contributed by atoms with E-state index in [1.807, 2.05) is 54.9 Å². The predicted octanol–water partition coefficient (Wildman–Crippen LogP) is 4.29. The number of carbonyl (C=O) groups excluding carboxylic acids is 1. The smallest absolute Gasteiger partial charge is 0.264 e. The zero-order chi connectivity index (χ0) is 21.1. The quantitative estimate of drug-likeness (QED) is 0.414. The summed E-state index contributed by atoms with van der Waals surface area (Å²) in [5.41, 5.74) is 5.71. The molecular formula is C24H19N5O. The molecule has 0 aliphatic heterocycles. The number of carbonyl (C=O) groups is 1. The molecule has 4 aromatic rings. The molecule has 0 aliphatic carbocycles. The minimum atomic E-state index is -0.319. The largest absolute Gasteiger partial charge is 0.346 e. The lowest BCUT2D eigenvalue weighted by Crippen LogP contribution is -2.22. The molecule has 6 heteroatoms. The van der Waals surface area contributed by atoms with E-state index in [9.17, 15) is 10.1 Å². The number of hydrogen-bond donors (Lipinski definition) is 1. The number of benzene rings is 1. The summed E-state index contributed by atoms with van der Waals surface area (Å²) in [6, 6.07) is 15.7.